The topological polar surface area (TPSA) is 75.4 Å². The molecule has 3 N–H and O–H groups in total. The third-order valence-corrected chi connectivity index (χ3v) is 5.86. The summed E-state index contributed by atoms with van der Waals surface area (Å²) in [5.74, 6) is 0. The second kappa shape index (κ2) is 5.03. The molecule has 0 spiro atoms. The van der Waals surface area contributed by atoms with Gasteiger partial charge in [-0.2, -0.15) is 0 Å². The van der Waals surface area contributed by atoms with Crippen LogP contribution in [0.1, 0.15) is 0 Å². The van der Waals surface area contributed by atoms with Crippen molar-refractivity contribution in [2.24, 2.45) is 5.14 Å². The fraction of sp³-hybridized carbons (Fsp3) is 0.500. The van der Waals surface area contributed by atoms with Gasteiger partial charge in [0.05, 0.1) is 4.21 Å². The van der Waals surface area contributed by atoms with Gasteiger partial charge in [-0.15, -0.1) is 11.3 Å². The molecule has 16 heavy (non-hydrogen) atoms. The number of nitrogens with one attached hydrogen (secondary N) is 1. The van der Waals surface area contributed by atoms with Gasteiger partial charge < -0.3 is 5.32 Å². The summed E-state index contributed by atoms with van der Waals surface area (Å²) in [4.78, 5) is 0. The molecule has 1 aromatic rings. The molecule has 0 amide bonds. The highest BCUT2D eigenvalue weighted by molar-refractivity contribution is 7.99. The number of hydrogen-bond donors (Lipinski definition) is 2. The first-order valence-corrected chi connectivity index (χ1v) is 7.95. The lowest BCUT2D eigenvalue weighted by Crippen LogP contribution is -2.39. The molecule has 0 atom stereocenters. The SMILES string of the molecule is NS(=O)(=O)c1ccc(SN2CCNCC2)s1. The quantitative estimate of drug-likeness (QED) is 0.779. The summed E-state index contributed by atoms with van der Waals surface area (Å²) >= 11 is 2.81. The largest absolute Gasteiger partial charge is 0.314 e. The zero-order valence-corrected chi connectivity index (χ0v) is 11.0. The van der Waals surface area contributed by atoms with Gasteiger partial charge >= 0.3 is 0 Å². The molecule has 0 aliphatic carbocycles. The average Bonchev–Trinajstić information content (AvgIpc) is 2.67. The molecule has 1 aliphatic rings. The van der Waals surface area contributed by atoms with E-state index in [-0.39, 0.29) is 4.21 Å². The maximum absolute atomic E-state index is 11.1. The van der Waals surface area contributed by atoms with E-state index in [9.17, 15) is 8.42 Å². The summed E-state index contributed by atoms with van der Waals surface area (Å²) in [6.07, 6.45) is 0. The number of rotatable bonds is 3. The van der Waals surface area contributed by atoms with E-state index >= 15 is 0 Å². The van der Waals surface area contributed by atoms with E-state index in [0.29, 0.717) is 0 Å². The average molecular weight is 279 g/mol. The highest BCUT2D eigenvalue weighted by Crippen LogP contribution is 2.31. The van der Waals surface area contributed by atoms with Crippen molar-refractivity contribution in [3.8, 4) is 0 Å². The molecule has 0 radical (unpaired) electrons. The van der Waals surface area contributed by atoms with E-state index in [2.05, 4.69) is 9.62 Å². The maximum Gasteiger partial charge on any atom is 0.247 e. The molecule has 2 heterocycles. The van der Waals surface area contributed by atoms with Gasteiger partial charge in [-0.3, -0.25) is 0 Å². The molecule has 0 saturated carbocycles. The maximum atomic E-state index is 11.1. The van der Waals surface area contributed by atoms with Gasteiger partial charge in [-0.05, 0) is 24.1 Å². The number of nitrogens with two attached hydrogens (primary N) is 1. The van der Waals surface area contributed by atoms with Crippen LogP contribution in [-0.2, 0) is 10.0 Å². The molecule has 1 fully saturated rings. The van der Waals surface area contributed by atoms with Crippen LogP contribution in [0.25, 0.3) is 0 Å². The van der Waals surface area contributed by atoms with Gasteiger partial charge in [-0.1, -0.05) is 0 Å². The Hall–Kier alpha value is -0.120. The Morgan fingerprint density at radius 2 is 2.06 bits per heavy atom. The Labute approximate surface area is 103 Å². The first-order valence-electron chi connectivity index (χ1n) is 4.82. The van der Waals surface area contributed by atoms with Crippen LogP contribution in [0.15, 0.2) is 20.6 Å². The molecule has 5 nitrogen and oxygen atoms in total. The van der Waals surface area contributed by atoms with Crippen LogP contribution in [0.4, 0.5) is 0 Å². The zero-order valence-electron chi connectivity index (χ0n) is 8.55. The number of nitrogens with zero attached hydrogens (tertiary/aromatic N) is 1. The van der Waals surface area contributed by atoms with Crippen LogP contribution in [0.5, 0.6) is 0 Å². The van der Waals surface area contributed by atoms with E-state index in [4.69, 9.17) is 5.14 Å². The van der Waals surface area contributed by atoms with Crippen molar-refractivity contribution in [2.45, 2.75) is 8.42 Å². The second-order valence-electron chi connectivity index (χ2n) is 3.39. The van der Waals surface area contributed by atoms with Crippen molar-refractivity contribution in [3.05, 3.63) is 12.1 Å². The monoisotopic (exact) mass is 279 g/mol. The molecule has 8 heteroatoms. The van der Waals surface area contributed by atoms with Crippen LogP contribution >= 0.6 is 23.3 Å². The lowest BCUT2D eigenvalue weighted by molar-refractivity contribution is 0.397. The summed E-state index contributed by atoms with van der Waals surface area (Å²) < 4.78 is 25.6. The Morgan fingerprint density at radius 1 is 1.38 bits per heavy atom. The number of sulfonamides is 1. The van der Waals surface area contributed by atoms with Gasteiger partial charge in [0.2, 0.25) is 10.0 Å². The van der Waals surface area contributed by atoms with Gasteiger partial charge in [0.25, 0.3) is 0 Å². The molecule has 1 aromatic heterocycles. The normalized spacial score (nSPS) is 18.8. The van der Waals surface area contributed by atoms with Gasteiger partial charge in [0.1, 0.15) is 4.21 Å². The van der Waals surface area contributed by atoms with Gasteiger partial charge in [0.15, 0.2) is 0 Å². The third-order valence-electron chi connectivity index (χ3n) is 2.13. The highest BCUT2D eigenvalue weighted by atomic mass is 32.3. The second-order valence-corrected chi connectivity index (χ2v) is 7.66. The minimum atomic E-state index is -3.55. The Balaban J connectivity index is 2.02. The molecular weight excluding hydrogens is 266 g/mol. The Morgan fingerprint density at radius 3 is 2.62 bits per heavy atom. The van der Waals surface area contributed by atoms with Crippen LogP contribution < -0.4 is 10.5 Å². The fourth-order valence-corrected chi connectivity index (χ4v) is 4.47. The summed E-state index contributed by atoms with van der Waals surface area (Å²) in [5.41, 5.74) is 0. The summed E-state index contributed by atoms with van der Waals surface area (Å²) in [6, 6.07) is 3.36. The van der Waals surface area contributed by atoms with E-state index in [1.54, 1.807) is 24.1 Å². The molecular formula is C8H13N3O2S3. The van der Waals surface area contributed by atoms with E-state index in [0.717, 1.165) is 30.4 Å². The molecule has 2 rings (SSSR count). The predicted octanol–water partition coefficient (Wildman–Crippen LogP) is 0.308. The molecule has 1 saturated heterocycles. The number of hydrogen-bond acceptors (Lipinski definition) is 6. The minimum Gasteiger partial charge on any atom is -0.314 e. The van der Waals surface area contributed by atoms with Crippen molar-refractivity contribution in [3.63, 3.8) is 0 Å². The molecule has 0 unspecified atom stereocenters. The smallest absolute Gasteiger partial charge is 0.247 e. The Bertz CT molecular complexity index is 451. The van der Waals surface area contributed by atoms with Crippen molar-refractivity contribution in [1.82, 2.24) is 9.62 Å². The van der Waals surface area contributed by atoms with Crippen LogP contribution in [0.3, 0.4) is 0 Å². The number of primary sulfonamides is 1. The Kier molecular flexibility index (Phi) is 3.88. The predicted molar refractivity (Wildman–Crippen MR) is 66.0 cm³/mol. The third kappa shape index (κ3) is 3.19. The van der Waals surface area contributed by atoms with Crippen molar-refractivity contribution >= 4 is 33.3 Å². The minimum absolute atomic E-state index is 0.227. The first-order chi connectivity index (χ1) is 7.55. The van der Waals surface area contributed by atoms with E-state index < -0.39 is 10.0 Å². The van der Waals surface area contributed by atoms with Crippen molar-refractivity contribution in [1.29, 1.82) is 0 Å². The summed E-state index contributed by atoms with van der Waals surface area (Å²) in [6.45, 7) is 3.88. The fourth-order valence-electron chi connectivity index (χ4n) is 1.37. The molecule has 0 bridgehead atoms. The zero-order chi connectivity index (χ0) is 11.6. The van der Waals surface area contributed by atoms with Crippen molar-refractivity contribution in [2.75, 3.05) is 26.2 Å². The number of piperazine rings is 1. The van der Waals surface area contributed by atoms with E-state index in [1.165, 1.54) is 11.3 Å². The lowest BCUT2D eigenvalue weighted by atomic mass is 10.4. The number of thiophene rings is 1. The van der Waals surface area contributed by atoms with Gasteiger partial charge in [0, 0.05) is 26.2 Å². The van der Waals surface area contributed by atoms with Crippen LogP contribution in [0, 0.1) is 0 Å². The molecule has 1 aliphatic heterocycles. The summed E-state index contributed by atoms with van der Waals surface area (Å²) in [5, 5.41) is 8.32. The van der Waals surface area contributed by atoms with Crippen LogP contribution in [-0.4, -0.2) is 38.9 Å². The van der Waals surface area contributed by atoms with Gasteiger partial charge in [-0.25, -0.2) is 17.9 Å². The van der Waals surface area contributed by atoms with Crippen LogP contribution in [0.2, 0.25) is 0 Å². The molecule has 90 valence electrons. The van der Waals surface area contributed by atoms with E-state index in [1.807, 2.05) is 0 Å². The summed E-state index contributed by atoms with van der Waals surface area (Å²) in [7, 11) is -3.55. The molecule has 0 aromatic carbocycles. The lowest BCUT2D eigenvalue weighted by Gasteiger charge is -2.25. The first kappa shape index (κ1) is 12.3. The van der Waals surface area contributed by atoms with Crippen molar-refractivity contribution < 1.29 is 8.42 Å². The highest BCUT2D eigenvalue weighted by Gasteiger charge is 2.15. The standard InChI is InChI=1S/C8H13N3O2S3/c9-16(12,13)8-2-1-7(14-8)15-11-5-3-10-4-6-11/h1-2,10H,3-6H2,(H2,9,12,13).